The Morgan fingerprint density at radius 2 is 2.18 bits per heavy atom. The summed E-state index contributed by atoms with van der Waals surface area (Å²) in [6, 6.07) is 0. The summed E-state index contributed by atoms with van der Waals surface area (Å²) in [5.74, 6) is -0.0752. The molecule has 1 heterocycles. The molecule has 0 amide bonds. The largest absolute Gasteiger partial charge is 0.393 e. The molecule has 3 nitrogen and oxygen atoms in total. The van der Waals surface area contributed by atoms with Crippen molar-refractivity contribution < 1.29 is 14.9 Å². The molecule has 11 heavy (non-hydrogen) atoms. The quantitative estimate of drug-likeness (QED) is 0.618. The summed E-state index contributed by atoms with van der Waals surface area (Å²) >= 11 is 0. The van der Waals surface area contributed by atoms with Gasteiger partial charge in [-0.1, -0.05) is 13.3 Å². The van der Waals surface area contributed by atoms with Gasteiger partial charge in [-0.15, -0.1) is 0 Å². The Morgan fingerprint density at radius 1 is 1.45 bits per heavy atom. The van der Waals surface area contributed by atoms with Crippen molar-refractivity contribution in [1.82, 2.24) is 0 Å². The zero-order valence-electron chi connectivity index (χ0n) is 6.86. The van der Waals surface area contributed by atoms with Crippen LogP contribution >= 0.6 is 0 Å². The van der Waals surface area contributed by atoms with Crippen LogP contribution in [0.5, 0.6) is 0 Å². The molecule has 2 unspecified atom stereocenters. The number of ether oxygens (including phenoxy) is 1. The summed E-state index contributed by atoms with van der Waals surface area (Å²) in [6.45, 7) is 2.51. The molecule has 2 N–H and O–H groups in total. The van der Waals surface area contributed by atoms with Gasteiger partial charge in [0.25, 0.3) is 0 Å². The molecule has 1 fully saturated rings. The maximum absolute atomic E-state index is 9.43. The summed E-state index contributed by atoms with van der Waals surface area (Å²) < 4.78 is 5.01. The van der Waals surface area contributed by atoms with Crippen molar-refractivity contribution in [3.63, 3.8) is 0 Å². The zero-order chi connectivity index (χ0) is 8.27. The molecule has 1 aliphatic rings. The van der Waals surface area contributed by atoms with Crippen molar-refractivity contribution >= 4 is 0 Å². The van der Waals surface area contributed by atoms with Gasteiger partial charge in [0.15, 0.2) is 6.29 Å². The Kier molecular flexibility index (Phi) is 3.30. The third kappa shape index (κ3) is 2.15. The molecule has 1 rings (SSSR count). The van der Waals surface area contributed by atoms with Crippen LogP contribution in [0.3, 0.4) is 0 Å². The Morgan fingerprint density at radius 3 is 2.73 bits per heavy atom. The summed E-state index contributed by atoms with van der Waals surface area (Å²) in [6.07, 6.45) is 1.34. The fourth-order valence-electron chi connectivity index (χ4n) is 1.51. The predicted octanol–water partition coefficient (Wildman–Crippen LogP) is 0.502. The van der Waals surface area contributed by atoms with Crippen molar-refractivity contribution in [3.8, 4) is 0 Å². The molecule has 1 aliphatic heterocycles. The molecular weight excluding hydrogens is 144 g/mol. The Hall–Kier alpha value is -0.120. The third-order valence-electron chi connectivity index (χ3n) is 2.18. The first kappa shape index (κ1) is 8.97. The average Bonchev–Trinajstić information content (AvgIpc) is 1.97. The van der Waals surface area contributed by atoms with E-state index in [9.17, 15) is 10.2 Å². The number of hydrogen-bond acceptors (Lipinski definition) is 3. The zero-order valence-corrected chi connectivity index (χ0v) is 6.86. The fourth-order valence-corrected chi connectivity index (χ4v) is 1.51. The van der Waals surface area contributed by atoms with Crippen molar-refractivity contribution in [1.29, 1.82) is 0 Å². The number of aliphatic hydroxyl groups is 2. The second kappa shape index (κ2) is 4.04. The molecule has 0 aromatic rings. The molecule has 0 aromatic heterocycles. The molecule has 1 saturated heterocycles. The molecule has 3 heteroatoms. The van der Waals surface area contributed by atoms with E-state index in [0.717, 1.165) is 12.8 Å². The highest BCUT2D eigenvalue weighted by Gasteiger charge is 2.30. The monoisotopic (exact) mass is 160 g/mol. The topological polar surface area (TPSA) is 49.7 Å². The lowest BCUT2D eigenvalue weighted by molar-refractivity contribution is -0.194. The average molecular weight is 160 g/mol. The van der Waals surface area contributed by atoms with Crippen LogP contribution in [0.15, 0.2) is 0 Å². The Labute approximate surface area is 67.0 Å². The van der Waals surface area contributed by atoms with Crippen molar-refractivity contribution in [2.24, 2.45) is 5.92 Å². The highest BCUT2D eigenvalue weighted by Crippen LogP contribution is 2.23. The lowest BCUT2D eigenvalue weighted by Crippen LogP contribution is -2.39. The van der Waals surface area contributed by atoms with Gasteiger partial charge in [-0.2, -0.15) is 0 Å². The normalized spacial score (nSPS) is 39.0. The Bertz CT molecular complexity index is 106. The van der Waals surface area contributed by atoms with E-state index in [1.54, 1.807) is 0 Å². The summed E-state index contributed by atoms with van der Waals surface area (Å²) in [7, 11) is 0. The van der Waals surface area contributed by atoms with Crippen LogP contribution in [0.25, 0.3) is 0 Å². The van der Waals surface area contributed by atoms with E-state index in [1.807, 2.05) is 6.92 Å². The minimum atomic E-state index is -0.751. The first-order valence-electron chi connectivity index (χ1n) is 4.23. The smallest absolute Gasteiger partial charge is 0.159 e. The van der Waals surface area contributed by atoms with Crippen LogP contribution < -0.4 is 0 Å². The van der Waals surface area contributed by atoms with Gasteiger partial charge in [0.2, 0.25) is 0 Å². The van der Waals surface area contributed by atoms with E-state index >= 15 is 0 Å². The van der Waals surface area contributed by atoms with Gasteiger partial charge in [0.05, 0.1) is 12.7 Å². The fraction of sp³-hybridized carbons (Fsp3) is 1.00. The van der Waals surface area contributed by atoms with Crippen LogP contribution in [0.2, 0.25) is 0 Å². The number of aliphatic hydroxyl groups excluding tert-OH is 2. The van der Waals surface area contributed by atoms with Crippen LogP contribution in [0, 0.1) is 5.92 Å². The summed E-state index contributed by atoms with van der Waals surface area (Å²) in [4.78, 5) is 0. The molecule has 0 aromatic carbocycles. The second-order valence-corrected chi connectivity index (χ2v) is 3.07. The molecule has 0 aliphatic carbocycles. The van der Waals surface area contributed by atoms with Gasteiger partial charge in [-0.25, -0.2) is 0 Å². The molecule has 0 saturated carbocycles. The molecule has 3 atom stereocenters. The lowest BCUT2D eigenvalue weighted by atomic mass is 9.93. The number of hydrogen-bond donors (Lipinski definition) is 2. The highest BCUT2D eigenvalue weighted by molar-refractivity contribution is 4.74. The SMILES string of the molecule is CCCC1C(O)CCO[C@H]1O. The van der Waals surface area contributed by atoms with Gasteiger partial charge in [-0.3, -0.25) is 0 Å². The minimum absolute atomic E-state index is 0.0752. The minimum Gasteiger partial charge on any atom is -0.393 e. The molecule has 0 radical (unpaired) electrons. The van der Waals surface area contributed by atoms with Gasteiger partial charge >= 0.3 is 0 Å². The van der Waals surface area contributed by atoms with Crippen LogP contribution in [-0.4, -0.2) is 29.2 Å². The maximum Gasteiger partial charge on any atom is 0.159 e. The third-order valence-corrected chi connectivity index (χ3v) is 2.18. The molecule has 0 spiro atoms. The van der Waals surface area contributed by atoms with Crippen molar-refractivity contribution in [2.45, 2.75) is 38.6 Å². The molecule has 0 bridgehead atoms. The van der Waals surface area contributed by atoms with E-state index in [1.165, 1.54) is 0 Å². The first-order valence-corrected chi connectivity index (χ1v) is 4.23. The van der Waals surface area contributed by atoms with Crippen LogP contribution in [-0.2, 0) is 4.74 Å². The van der Waals surface area contributed by atoms with E-state index in [0.29, 0.717) is 13.0 Å². The second-order valence-electron chi connectivity index (χ2n) is 3.07. The van der Waals surface area contributed by atoms with E-state index in [-0.39, 0.29) is 12.0 Å². The van der Waals surface area contributed by atoms with Gasteiger partial charge in [0.1, 0.15) is 0 Å². The van der Waals surface area contributed by atoms with Crippen LogP contribution in [0.4, 0.5) is 0 Å². The van der Waals surface area contributed by atoms with Gasteiger partial charge < -0.3 is 14.9 Å². The number of rotatable bonds is 2. The standard InChI is InChI=1S/C8H16O3/c1-2-3-6-7(9)4-5-11-8(6)10/h6-10H,2-5H2,1H3/t6?,7?,8-/m1/s1. The van der Waals surface area contributed by atoms with E-state index in [4.69, 9.17) is 4.74 Å². The Balaban J connectivity index is 2.41. The summed E-state index contributed by atoms with van der Waals surface area (Å²) in [5.41, 5.74) is 0. The molecule has 66 valence electrons. The first-order chi connectivity index (χ1) is 5.25. The van der Waals surface area contributed by atoms with E-state index in [2.05, 4.69) is 0 Å². The van der Waals surface area contributed by atoms with Gasteiger partial charge in [0, 0.05) is 5.92 Å². The van der Waals surface area contributed by atoms with Crippen LogP contribution in [0.1, 0.15) is 26.2 Å². The van der Waals surface area contributed by atoms with E-state index < -0.39 is 6.29 Å². The lowest BCUT2D eigenvalue weighted by Gasteiger charge is -2.31. The van der Waals surface area contributed by atoms with Gasteiger partial charge in [-0.05, 0) is 12.8 Å². The van der Waals surface area contributed by atoms with Crippen molar-refractivity contribution in [2.75, 3.05) is 6.61 Å². The predicted molar refractivity (Wildman–Crippen MR) is 41.0 cm³/mol. The summed E-state index contributed by atoms with van der Waals surface area (Å²) in [5, 5.41) is 18.7. The maximum atomic E-state index is 9.43. The molecular formula is C8H16O3. The highest BCUT2D eigenvalue weighted by atomic mass is 16.6. The van der Waals surface area contributed by atoms with Crippen molar-refractivity contribution in [3.05, 3.63) is 0 Å².